The smallest absolute Gasteiger partial charge is 0.244 e. The maximum Gasteiger partial charge on any atom is 0.244 e. The van der Waals surface area contributed by atoms with E-state index in [1.807, 2.05) is 53.2 Å². The molecule has 0 N–H and O–H groups in total. The minimum atomic E-state index is -0.135. The molecule has 3 aliphatic rings. The second-order valence-electron chi connectivity index (χ2n) is 7.74. The molecule has 6 heteroatoms. The van der Waals surface area contributed by atoms with Crippen LogP contribution in [0.5, 0.6) is 5.75 Å². The highest BCUT2D eigenvalue weighted by Crippen LogP contribution is 2.39. The number of fused-ring (bicyclic) bond motifs is 3. The second kappa shape index (κ2) is 6.13. The lowest BCUT2D eigenvalue weighted by molar-refractivity contribution is -0.123. The molecule has 1 amide bonds. The first-order chi connectivity index (χ1) is 12.7. The van der Waals surface area contributed by atoms with E-state index in [4.69, 9.17) is 4.74 Å². The van der Waals surface area contributed by atoms with Crippen LogP contribution in [-0.4, -0.2) is 45.6 Å². The SMILES string of the molecule is Cn1ccnc1CN1C[C@@H]2C[C@H]1C(=O)N(CC1CC1)c1ccccc1O2. The van der Waals surface area contributed by atoms with Crippen LogP contribution in [-0.2, 0) is 18.4 Å². The quantitative estimate of drug-likeness (QED) is 0.846. The Kier molecular flexibility index (Phi) is 3.74. The minimum Gasteiger partial charge on any atom is -0.487 e. The Balaban J connectivity index is 1.48. The van der Waals surface area contributed by atoms with Crippen LogP contribution in [0.15, 0.2) is 36.7 Å². The van der Waals surface area contributed by atoms with E-state index >= 15 is 0 Å². The number of hydrogen-bond donors (Lipinski definition) is 0. The predicted octanol–water partition coefficient (Wildman–Crippen LogP) is 2.20. The van der Waals surface area contributed by atoms with Gasteiger partial charge in [-0.15, -0.1) is 0 Å². The molecule has 2 fully saturated rings. The molecule has 0 unspecified atom stereocenters. The fourth-order valence-corrected chi connectivity index (χ4v) is 4.11. The number of ether oxygens (including phenoxy) is 1. The lowest BCUT2D eigenvalue weighted by Crippen LogP contribution is -2.46. The zero-order chi connectivity index (χ0) is 17.7. The van der Waals surface area contributed by atoms with Crippen molar-refractivity contribution in [3.05, 3.63) is 42.5 Å². The van der Waals surface area contributed by atoms with Gasteiger partial charge in [-0.25, -0.2) is 4.98 Å². The number of hydrogen-bond acceptors (Lipinski definition) is 4. The first-order valence-corrected chi connectivity index (χ1v) is 9.46. The Hall–Kier alpha value is -2.34. The normalized spacial score (nSPS) is 25.6. The van der Waals surface area contributed by atoms with Gasteiger partial charge in [0.25, 0.3) is 0 Å². The van der Waals surface area contributed by atoms with E-state index in [2.05, 4.69) is 9.88 Å². The number of benzene rings is 1. The van der Waals surface area contributed by atoms with Gasteiger partial charge in [0, 0.05) is 39.0 Å². The van der Waals surface area contributed by atoms with Gasteiger partial charge in [0.1, 0.15) is 17.7 Å². The van der Waals surface area contributed by atoms with Crippen LogP contribution in [0.25, 0.3) is 0 Å². The predicted molar refractivity (Wildman–Crippen MR) is 98.0 cm³/mol. The Morgan fingerprint density at radius 1 is 1.27 bits per heavy atom. The third-order valence-electron chi connectivity index (χ3n) is 5.77. The zero-order valence-corrected chi connectivity index (χ0v) is 15.0. The van der Waals surface area contributed by atoms with Crippen molar-refractivity contribution in [2.75, 3.05) is 18.0 Å². The van der Waals surface area contributed by atoms with Gasteiger partial charge in [0.2, 0.25) is 5.91 Å². The number of imidazole rings is 1. The maximum absolute atomic E-state index is 13.5. The maximum atomic E-state index is 13.5. The molecule has 6 nitrogen and oxygen atoms in total. The van der Waals surface area contributed by atoms with Gasteiger partial charge in [0.05, 0.1) is 18.3 Å². The average molecular weight is 352 g/mol. The Labute approximate surface area is 153 Å². The fraction of sp³-hybridized carbons (Fsp3) is 0.500. The van der Waals surface area contributed by atoms with Crippen molar-refractivity contribution in [2.24, 2.45) is 13.0 Å². The summed E-state index contributed by atoms with van der Waals surface area (Å²) in [5.41, 5.74) is 0.929. The first kappa shape index (κ1) is 15.9. The Morgan fingerprint density at radius 2 is 2.12 bits per heavy atom. The second-order valence-corrected chi connectivity index (χ2v) is 7.74. The van der Waals surface area contributed by atoms with Crippen molar-refractivity contribution < 1.29 is 9.53 Å². The molecule has 0 radical (unpaired) electrons. The summed E-state index contributed by atoms with van der Waals surface area (Å²) in [5.74, 6) is 2.66. The summed E-state index contributed by atoms with van der Waals surface area (Å²) in [4.78, 5) is 22.2. The van der Waals surface area contributed by atoms with E-state index in [1.54, 1.807) is 0 Å². The molecule has 3 heterocycles. The van der Waals surface area contributed by atoms with Gasteiger partial charge >= 0.3 is 0 Å². The molecular formula is C20H24N4O2. The van der Waals surface area contributed by atoms with E-state index in [9.17, 15) is 4.79 Å². The summed E-state index contributed by atoms with van der Waals surface area (Å²) >= 11 is 0. The van der Waals surface area contributed by atoms with Gasteiger partial charge in [-0.3, -0.25) is 9.69 Å². The molecule has 0 spiro atoms. The minimum absolute atomic E-state index is 0.0495. The van der Waals surface area contributed by atoms with Crippen LogP contribution in [0.4, 0.5) is 5.69 Å². The van der Waals surface area contributed by atoms with E-state index in [1.165, 1.54) is 12.8 Å². The van der Waals surface area contributed by atoms with E-state index in [-0.39, 0.29) is 18.1 Å². The number of amides is 1. The molecule has 2 aromatic rings. The van der Waals surface area contributed by atoms with E-state index in [0.717, 1.165) is 36.8 Å². The largest absolute Gasteiger partial charge is 0.487 e. The summed E-state index contributed by atoms with van der Waals surface area (Å²) in [6.07, 6.45) is 6.99. The summed E-state index contributed by atoms with van der Waals surface area (Å²) in [5, 5.41) is 0. The molecule has 2 aliphatic heterocycles. The van der Waals surface area contributed by atoms with Gasteiger partial charge in [-0.1, -0.05) is 12.1 Å². The molecule has 1 aromatic heterocycles. The third-order valence-corrected chi connectivity index (χ3v) is 5.77. The van der Waals surface area contributed by atoms with Crippen molar-refractivity contribution in [2.45, 2.75) is 38.0 Å². The van der Waals surface area contributed by atoms with E-state index < -0.39 is 0 Å². The van der Waals surface area contributed by atoms with Crippen molar-refractivity contribution in [3.8, 4) is 5.75 Å². The van der Waals surface area contributed by atoms with Gasteiger partial charge in [-0.05, 0) is 30.9 Å². The topological polar surface area (TPSA) is 50.6 Å². The highest BCUT2D eigenvalue weighted by atomic mass is 16.5. The van der Waals surface area contributed by atoms with Crippen LogP contribution in [0.2, 0.25) is 0 Å². The van der Waals surface area contributed by atoms with Gasteiger partial charge in [0.15, 0.2) is 0 Å². The lowest BCUT2D eigenvalue weighted by atomic mass is 10.1. The number of carbonyl (C=O) groups is 1. The molecule has 26 heavy (non-hydrogen) atoms. The van der Waals surface area contributed by atoms with Crippen LogP contribution in [0.1, 0.15) is 25.1 Å². The number of aryl methyl sites for hydroxylation is 1. The summed E-state index contributed by atoms with van der Waals surface area (Å²) in [6, 6.07) is 7.85. The van der Waals surface area contributed by atoms with Crippen molar-refractivity contribution in [1.29, 1.82) is 0 Å². The van der Waals surface area contributed by atoms with Crippen molar-refractivity contribution in [3.63, 3.8) is 0 Å². The van der Waals surface area contributed by atoms with Crippen LogP contribution in [0.3, 0.4) is 0 Å². The lowest BCUT2D eigenvalue weighted by Gasteiger charge is -2.31. The number of carbonyl (C=O) groups excluding carboxylic acids is 1. The molecule has 1 aliphatic carbocycles. The molecular weight excluding hydrogens is 328 g/mol. The monoisotopic (exact) mass is 352 g/mol. The summed E-state index contributed by atoms with van der Waals surface area (Å²) in [7, 11) is 2.00. The molecule has 2 bridgehead atoms. The molecule has 1 aromatic carbocycles. The number of anilines is 1. The van der Waals surface area contributed by atoms with Gasteiger partial charge in [-0.2, -0.15) is 0 Å². The number of aromatic nitrogens is 2. The number of para-hydroxylation sites is 2. The highest BCUT2D eigenvalue weighted by molar-refractivity contribution is 5.99. The van der Waals surface area contributed by atoms with Crippen LogP contribution < -0.4 is 9.64 Å². The first-order valence-electron chi connectivity index (χ1n) is 9.46. The number of nitrogens with zero attached hydrogens (tertiary/aromatic N) is 4. The Morgan fingerprint density at radius 3 is 2.88 bits per heavy atom. The third kappa shape index (κ3) is 2.78. The average Bonchev–Trinajstić information content (AvgIpc) is 3.24. The number of rotatable bonds is 4. The zero-order valence-electron chi connectivity index (χ0n) is 15.0. The fourth-order valence-electron chi connectivity index (χ4n) is 4.11. The number of likely N-dealkylation sites (tertiary alicyclic amines) is 1. The van der Waals surface area contributed by atoms with Crippen LogP contribution >= 0.6 is 0 Å². The van der Waals surface area contributed by atoms with Crippen LogP contribution in [0, 0.1) is 5.92 Å². The molecule has 1 saturated heterocycles. The highest BCUT2D eigenvalue weighted by Gasteiger charge is 2.44. The Bertz CT molecular complexity index is 829. The van der Waals surface area contributed by atoms with E-state index in [0.29, 0.717) is 12.5 Å². The molecule has 5 rings (SSSR count). The van der Waals surface area contributed by atoms with Crippen molar-refractivity contribution in [1.82, 2.24) is 14.5 Å². The molecule has 136 valence electrons. The summed E-state index contributed by atoms with van der Waals surface area (Å²) in [6.45, 7) is 2.23. The molecule has 2 atom stereocenters. The standard InChI is InChI=1S/C20H24N4O2/c1-22-9-8-21-19(22)13-23-12-15-10-17(23)20(25)24(11-14-6-7-14)16-4-2-3-5-18(16)26-15/h2-5,8-9,14-15,17H,6-7,10-13H2,1H3/t15-,17-/m0/s1. The van der Waals surface area contributed by atoms with Crippen molar-refractivity contribution >= 4 is 11.6 Å². The molecule has 1 saturated carbocycles. The van der Waals surface area contributed by atoms with Gasteiger partial charge < -0.3 is 14.2 Å². The summed E-state index contributed by atoms with van der Waals surface area (Å²) < 4.78 is 8.35.